The van der Waals surface area contributed by atoms with Crippen LogP contribution >= 0.6 is 11.8 Å². The van der Waals surface area contributed by atoms with Crippen LogP contribution in [0.15, 0.2) is 39.3 Å². The van der Waals surface area contributed by atoms with Gasteiger partial charge in [0.05, 0.1) is 6.61 Å². The second kappa shape index (κ2) is 7.71. The van der Waals surface area contributed by atoms with Crippen LogP contribution in [0.2, 0.25) is 0 Å². The Hall–Kier alpha value is -2.32. The second-order valence-corrected chi connectivity index (χ2v) is 6.46. The molecule has 1 unspecified atom stereocenters. The third-order valence-corrected chi connectivity index (χ3v) is 4.38. The van der Waals surface area contributed by atoms with Crippen LogP contribution < -0.4 is 15.5 Å². The molecule has 1 atom stereocenters. The predicted octanol–water partition coefficient (Wildman–Crippen LogP) is 1.51. The van der Waals surface area contributed by atoms with Crippen molar-refractivity contribution in [1.29, 1.82) is 0 Å². The molecule has 1 aromatic rings. The lowest BCUT2D eigenvalue weighted by Crippen LogP contribution is -2.44. The largest absolute Gasteiger partial charge is 0.493 e. The number of guanidine groups is 1. The van der Waals surface area contributed by atoms with Crippen LogP contribution in [0.5, 0.6) is 5.75 Å². The third kappa shape index (κ3) is 4.21. The van der Waals surface area contributed by atoms with Crippen molar-refractivity contribution >= 4 is 29.8 Å². The van der Waals surface area contributed by atoms with E-state index in [1.165, 1.54) is 17.3 Å². The molecule has 0 aliphatic carbocycles. The summed E-state index contributed by atoms with van der Waals surface area (Å²) in [5.74, 6) is 1.05. The summed E-state index contributed by atoms with van der Waals surface area (Å²) in [5, 5.41) is 6.27. The summed E-state index contributed by atoms with van der Waals surface area (Å²) >= 11 is 1.42. The smallest absolute Gasteiger partial charge is 0.277 e. The number of thioether (sulfide) groups is 1. The Morgan fingerprint density at radius 3 is 3.12 bits per heavy atom. The maximum absolute atomic E-state index is 12.4. The summed E-state index contributed by atoms with van der Waals surface area (Å²) in [7, 11) is 1.86. The standard InChI is InChI=1S/C17H21N5O2S/c1-11-19-17(21-22(11)2)20-16(23)14(10-25-3)18-9-12-4-5-15-13(8-12)6-7-24-15/h4-5,8-11H,6-7H2,1-3H3,(H2,19,20,21,23)/b14-10-,18-9?. The fourth-order valence-corrected chi connectivity index (χ4v) is 2.87. The van der Waals surface area contributed by atoms with Crippen molar-refractivity contribution in [2.75, 3.05) is 19.9 Å². The van der Waals surface area contributed by atoms with Gasteiger partial charge in [0.15, 0.2) is 0 Å². The number of benzene rings is 1. The molecule has 0 bridgehead atoms. The number of hydrogen-bond acceptors (Lipinski definition) is 7. The maximum atomic E-state index is 12.4. The highest BCUT2D eigenvalue weighted by Crippen LogP contribution is 2.25. The number of carbonyl (C=O) groups excluding carboxylic acids is 1. The molecule has 1 amide bonds. The van der Waals surface area contributed by atoms with Gasteiger partial charge in [0.25, 0.3) is 5.91 Å². The average molecular weight is 359 g/mol. The van der Waals surface area contributed by atoms with Gasteiger partial charge < -0.3 is 4.74 Å². The quantitative estimate of drug-likeness (QED) is 0.629. The minimum Gasteiger partial charge on any atom is -0.493 e. The minimum absolute atomic E-state index is 0.0274. The summed E-state index contributed by atoms with van der Waals surface area (Å²) in [5.41, 5.74) is 5.42. The number of aliphatic imine (C=N–C) groups is 2. The van der Waals surface area contributed by atoms with E-state index < -0.39 is 0 Å². The Kier molecular flexibility index (Phi) is 5.40. The number of fused-ring (bicyclic) bond motifs is 1. The van der Waals surface area contributed by atoms with Gasteiger partial charge in [-0.05, 0) is 42.5 Å². The molecular formula is C17H21N5O2S. The highest BCUT2D eigenvalue weighted by atomic mass is 32.2. The summed E-state index contributed by atoms with van der Waals surface area (Å²) in [4.78, 5) is 21.1. The maximum Gasteiger partial charge on any atom is 0.277 e. The van der Waals surface area contributed by atoms with Gasteiger partial charge in [-0.25, -0.2) is 9.98 Å². The highest BCUT2D eigenvalue weighted by Gasteiger charge is 2.20. The predicted molar refractivity (Wildman–Crippen MR) is 101 cm³/mol. The Morgan fingerprint density at radius 1 is 1.56 bits per heavy atom. The van der Waals surface area contributed by atoms with Crippen molar-refractivity contribution in [1.82, 2.24) is 15.8 Å². The summed E-state index contributed by atoms with van der Waals surface area (Å²) in [6, 6.07) is 5.91. The molecule has 3 rings (SSSR count). The number of carbonyl (C=O) groups is 1. The number of hydrazine groups is 1. The average Bonchev–Trinajstić information content (AvgIpc) is 3.17. The van der Waals surface area contributed by atoms with Gasteiger partial charge in [-0.15, -0.1) is 11.8 Å². The highest BCUT2D eigenvalue weighted by molar-refractivity contribution is 8.01. The van der Waals surface area contributed by atoms with E-state index in [-0.39, 0.29) is 12.1 Å². The molecule has 2 N–H and O–H groups in total. The van der Waals surface area contributed by atoms with Crippen LogP contribution in [-0.2, 0) is 11.2 Å². The first-order chi connectivity index (χ1) is 12.1. The van der Waals surface area contributed by atoms with Crippen LogP contribution in [0.25, 0.3) is 0 Å². The van der Waals surface area contributed by atoms with Crippen molar-refractivity contribution in [2.45, 2.75) is 19.5 Å². The lowest BCUT2D eigenvalue weighted by molar-refractivity contribution is -0.116. The van der Waals surface area contributed by atoms with Crippen molar-refractivity contribution in [3.05, 3.63) is 40.4 Å². The Bertz CT molecular complexity index is 759. The first-order valence-corrected chi connectivity index (χ1v) is 9.27. The van der Waals surface area contributed by atoms with Gasteiger partial charge in [-0.2, -0.15) is 5.01 Å². The molecule has 25 heavy (non-hydrogen) atoms. The molecule has 2 aliphatic rings. The summed E-state index contributed by atoms with van der Waals surface area (Å²) in [6.45, 7) is 2.65. The number of ether oxygens (including phenoxy) is 1. The van der Waals surface area contributed by atoms with E-state index in [0.717, 1.165) is 24.3 Å². The molecule has 8 heteroatoms. The Labute approximate surface area is 151 Å². The van der Waals surface area contributed by atoms with Crippen LogP contribution in [0.4, 0.5) is 0 Å². The molecule has 0 fully saturated rings. The number of nitrogens with zero attached hydrogens (tertiary/aromatic N) is 3. The topological polar surface area (TPSA) is 78.3 Å². The molecule has 2 heterocycles. The lowest BCUT2D eigenvalue weighted by atomic mass is 10.1. The van der Waals surface area contributed by atoms with Gasteiger partial charge in [-0.1, -0.05) is 0 Å². The molecule has 0 saturated carbocycles. The normalized spacial score (nSPS) is 20.2. The lowest BCUT2D eigenvalue weighted by Gasteiger charge is -2.13. The van der Waals surface area contributed by atoms with Gasteiger partial charge in [0.2, 0.25) is 5.96 Å². The summed E-state index contributed by atoms with van der Waals surface area (Å²) < 4.78 is 5.50. The van der Waals surface area contributed by atoms with E-state index in [1.807, 2.05) is 43.4 Å². The van der Waals surface area contributed by atoms with E-state index in [4.69, 9.17) is 4.74 Å². The van der Waals surface area contributed by atoms with Gasteiger partial charge in [-0.3, -0.25) is 15.5 Å². The first-order valence-electron chi connectivity index (χ1n) is 7.98. The SMILES string of the molecule is CS/C=C(\N=Cc1ccc2c(c1)CCO2)C(=O)NC1=NC(C)N(C)N1. The molecular weight excluding hydrogens is 338 g/mol. The zero-order valence-electron chi connectivity index (χ0n) is 14.4. The second-order valence-electron chi connectivity index (χ2n) is 5.75. The number of amides is 1. The summed E-state index contributed by atoms with van der Waals surface area (Å²) in [6.07, 6.45) is 4.46. The molecule has 0 radical (unpaired) electrons. The van der Waals surface area contributed by atoms with E-state index in [2.05, 4.69) is 20.7 Å². The van der Waals surface area contributed by atoms with Crippen LogP contribution in [0, 0.1) is 0 Å². The number of nitrogens with one attached hydrogen (secondary N) is 2. The zero-order chi connectivity index (χ0) is 17.8. The third-order valence-electron chi connectivity index (χ3n) is 3.92. The van der Waals surface area contributed by atoms with E-state index in [0.29, 0.717) is 11.7 Å². The first kappa shape index (κ1) is 17.5. The molecule has 0 aromatic heterocycles. The van der Waals surface area contributed by atoms with Crippen LogP contribution in [-0.4, -0.2) is 49.2 Å². The Morgan fingerprint density at radius 2 is 2.40 bits per heavy atom. The van der Waals surface area contributed by atoms with Crippen LogP contribution in [0.3, 0.4) is 0 Å². The number of rotatable bonds is 4. The molecule has 132 valence electrons. The molecule has 1 aromatic carbocycles. The fourth-order valence-electron chi connectivity index (χ4n) is 2.48. The van der Waals surface area contributed by atoms with Crippen molar-refractivity contribution in [3.63, 3.8) is 0 Å². The van der Waals surface area contributed by atoms with Crippen molar-refractivity contribution < 1.29 is 9.53 Å². The van der Waals surface area contributed by atoms with Gasteiger partial charge >= 0.3 is 0 Å². The van der Waals surface area contributed by atoms with Gasteiger partial charge in [0, 0.05) is 25.1 Å². The monoisotopic (exact) mass is 359 g/mol. The van der Waals surface area contributed by atoms with Gasteiger partial charge in [0.1, 0.15) is 17.6 Å². The van der Waals surface area contributed by atoms with E-state index in [9.17, 15) is 4.79 Å². The molecule has 0 saturated heterocycles. The van der Waals surface area contributed by atoms with E-state index in [1.54, 1.807) is 11.6 Å². The minimum atomic E-state index is -0.302. The van der Waals surface area contributed by atoms with Crippen LogP contribution in [0.1, 0.15) is 18.1 Å². The number of hydrogen-bond donors (Lipinski definition) is 2. The van der Waals surface area contributed by atoms with E-state index >= 15 is 0 Å². The zero-order valence-corrected chi connectivity index (χ0v) is 15.3. The fraction of sp³-hybridized carbons (Fsp3) is 0.353. The molecule has 2 aliphatic heterocycles. The van der Waals surface area contributed by atoms with Crippen molar-refractivity contribution in [2.24, 2.45) is 9.98 Å². The Balaban J connectivity index is 1.70. The molecule has 0 spiro atoms. The van der Waals surface area contributed by atoms with Crippen molar-refractivity contribution in [3.8, 4) is 5.75 Å². The molecule has 7 nitrogen and oxygen atoms in total.